The quantitative estimate of drug-likeness (QED) is 0.864. The predicted molar refractivity (Wildman–Crippen MR) is 61.6 cm³/mol. The molecule has 0 bridgehead atoms. The van der Waals surface area contributed by atoms with E-state index in [4.69, 9.17) is 10.5 Å². The average molecular weight is 241 g/mol. The molecule has 1 fully saturated rings. The molecule has 2 unspecified atom stereocenters. The van der Waals surface area contributed by atoms with Crippen molar-refractivity contribution < 1.29 is 13.5 Å². The fourth-order valence-corrected chi connectivity index (χ4v) is 2.27. The van der Waals surface area contributed by atoms with Crippen LogP contribution in [0.5, 0.6) is 0 Å². The van der Waals surface area contributed by atoms with Gasteiger partial charge >= 0.3 is 0 Å². The highest BCUT2D eigenvalue weighted by Crippen LogP contribution is 2.37. The summed E-state index contributed by atoms with van der Waals surface area (Å²) in [5.41, 5.74) is 5.91. The van der Waals surface area contributed by atoms with Crippen molar-refractivity contribution in [2.75, 3.05) is 6.61 Å². The van der Waals surface area contributed by atoms with Gasteiger partial charge in [0.05, 0.1) is 11.6 Å². The molecule has 2 N–H and O–H groups in total. The molecule has 94 valence electrons. The first kappa shape index (κ1) is 12.5. The molecule has 17 heavy (non-hydrogen) atoms. The van der Waals surface area contributed by atoms with Gasteiger partial charge in [0.1, 0.15) is 11.6 Å². The van der Waals surface area contributed by atoms with Crippen LogP contribution in [0.25, 0.3) is 0 Å². The van der Waals surface area contributed by atoms with Gasteiger partial charge in [0.25, 0.3) is 0 Å². The van der Waals surface area contributed by atoms with Gasteiger partial charge in [0.15, 0.2) is 0 Å². The SMILES string of the molecule is Cc1cc(F)c(C(N)C2(C)CCCO2)cc1F. The zero-order chi connectivity index (χ0) is 12.6. The van der Waals surface area contributed by atoms with E-state index in [-0.39, 0.29) is 11.1 Å². The van der Waals surface area contributed by atoms with Crippen LogP contribution in [0.4, 0.5) is 8.78 Å². The summed E-state index contributed by atoms with van der Waals surface area (Å²) in [5.74, 6) is -0.897. The van der Waals surface area contributed by atoms with Crippen LogP contribution in [0.15, 0.2) is 12.1 Å². The molecule has 1 aromatic rings. The summed E-state index contributed by atoms with van der Waals surface area (Å²) in [7, 11) is 0. The molecule has 0 amide bonds. The van der Waals surface area contributed by atoms with Gasteiger partial charge in [-0.1, -0.05) is 0 Å². The van der Waals surface area contributed by atoms with E-state index >= 15 is 0 Å². The van der Waals surface area contributed by atoms with E-state index in [1.165, 1.54) is 19.1 Å². The number of aryl methyl sites for hydroxylation is 1. The third-order valence-electron chi connectivity index (χ3n) is 3.52. The molecule has 2 nitrogen and oxygen atoms in total. The number of rotatable bonds is 2. The van der Waals surface area contributed by atoms with Crippen molar-refractivity contribution in [3.8, 4) is 0 Å². The molecule has 2 atom stereocenters. The van der Waals surface area contributed by atoms with Gasteiger partial charge < -0.3 is 10.5 Å². The summed E-state index contributed by atoms with van der Waals surface area (Å²) in [6, 6.07) is 1.73. The van der Waals surface area contributed by atoms with Crippen LogP contribution in [-0.4, -0.2) is 12.2 Å². The summed E-state index contributed by atoms with van der Waals surface area (Å²) in [4.78, 5) is 0. The summed E-state index contributed by atoms with van der Waals surface area (Å²) >= 11 is 0. The Labute approximate surface area is 99.8 Å². The molecule has 1 aliphatic heterocycles. The number of benzene rings is 1. The number of halogens is 2. The predicted octanol–water partition coefficient (Wildman–Crippen LogP) is 2.84. The highest BCUT2D eigenvalue weighted by Gasteiger charge is 2.38. The first-order valence-corrected chi connectivity index (χ1v) is 5.79. The van der Waals surface area contributed by atoms with Crippen molar-refractivity contribution in [3.63, 3.8) is 0 Å². The molecule has 0 saturated carbocycles. The van der Waals surface area contributed by atoms with Gasteiger partial charge in [-0.15, -0.1) is 0 Å². The molecule has 0 spiro atoms. The first-order chi connectivity index (χ1) is 7.94. The third kappa shape index (κ3) is 2.19. The molecule has 0 aromatic heterocycles. The average Bonchev–Trinajstić information content (AvgIpc) is 2.71. The first-order valence-electron chi connectivity index (χ1n) is 5.79. The van der Waals surface area contributed by atoms with E-state index in [0.717, 1.165) is 12.8 Å². The normalized spacial score (nSPS) is 26.2. The highest BCUT2D eigenvalue weighted by atomic mass is 19.1. The fraction of sp³-hybridized carbons (Fsp3) is 0.538. The second-order valence-electron chi connectivity index (χ2n) is 4.87. The Hall–Kier alpha value is -1.00. The standard InChI is InChI=1S/C13H17F2NO/c1-8-6-11(15)9(7-10(8)14)12(16)13(2)4-3-5-17-13/h6-7,12H,3-5,16H2,1-2H3. The van der Waals surface area contributed by atoms with Crippen LogP contribution in [0, 0.1) is 18.6 Å². The minimum absolute atomic E-state index is 0.192. The van der Waals surface area contributed by atoms with Crippen LogP contribution in [0.1, 0.15) is 36.9 Å². The molecule has 0 aliphatic carbocycles. The number of hydrogen-bond acceptors (Lipinski definition) is 2. The second-order valence-corrected chi connectivity index (χ2v) is 4.87. The van der Waals surface area contributed by atoms with Crippen LogP contribution in [0.3, 0.4) is 0 Å². The Morgan fingerprint density at radius 1 is 1.35 bits per heavy atom. The fourth-order valence-electron chi connectivity index (χ4n) is 2.27. The Kier molecular flexibility index (Phi) is 3.19. The van der Waals surface area contributed by atoms with Crippen LogP contribution in [0.2, 0.25) is 0 Å². The maximum Gasteiger partial charge on any atom is 0.128 e. The van der Waals surface area contributed by atoms with Crippen LogP contribution >= 0.6 is 0 Å². The van der Waals surface area contributed by atoms with Gasteiger partial charge in [-0.25, -0.2) is 8.78 Å². The number of ether oxygens (including phenoxy) is 1. The molecule has 1 aliphatic rings. The van der Waals surface area contributed by atoms with Crippen molar-refractivity contribution in [2.24, 2.45) is 5.73 Å². The van der Waals surface area contributed by atoms with E-state index in [0.29, 0.717) is 6.61 Å². The van der Waals surface area contributed by atoms with E-state index in [2.05, 4.69) is 0 Å². The van der Waals surface area contributed by atoms with Gasteiger partial charge in [-0.2, -0.15) is 0 Å². The number of nitrogens with two attached hydrogens (primary N) is 1. The molecular weight excluding hydrogens is 224 g/mol. The van der Waals surface area contributed by atoms with Gasteiger partial charge in [0.2, 0.25) is 0 Å². The molecule has 1 heterocycles. The lowest BCUT2D eigenvalue weighted by molar-refractivity contribution is -0.00264. The van der Waals surface area contributed by atoms with Crippen molar-refractivity contribution in [1.82, 2.24) is 0 Å². The Balaban J connectivity index is 2.36. The molecule has 2 rings (SSSR count). The van der Waals surface area contributed by atoms with E-state index in [9.17, 15) is 8.78 Å². The van der Waals surface area contributed by atoms with E-state index in [1.54, 1.807) is 0 Å². The second kappa shape index (κ2) is 4.35. The maximum absolute atomic E-state index is 13.8. The molecule has 0 radical (unpaired) electrons. The van der Waals surface area contributed by atoms with Gasteiger partial charge in [0, 0.05) is 12.2 Å². The van der Waals surface area contributed by atoms with Gasteiger partial charge in [-0.3, -0.25) is 0 Å². The Bertz CT molecular complexity index is 428. The maximum atomic E-state index is 13.8. The highest BCUT2D eigenvalue weighted by molar-refractivity contribution is 5.29. The van der Waals surface area contributed by atoms with Gasteiger partial charge in [-0.05, 0) is 44.4 Å². The summed E-state index contributed by atoms with van der Waals surface area (Å²) in [5, 5.41) is 0. The lowest BCUT2D eigenvalue weighted by atomic mass is 9.88. The summed E-state index contributed by atoms with van der Waals surface area (Å²) < 4.78 is 32.8. The van der Waals surface area contributed by atoms with E-state index < -0.39 is 23.3 Å². The van der Waals surface area contributed by atoms with Crippen molar-refractivity contribution in [3.05, 3.63) is 34.9 Å². The zero-order valence-electron chi connectivity index (χ0n) is 10.1. The minimum atomic E-state index is -0.639. The Morgan fingerprint density at radius 2 is 2.06 bits per heavy atom. The smallest absolute Gasteiger partial charge is 0.128 e. The Morgan fingerprint density at radius 3 is 2.65 bits per heavy atom. The summed E-state index contributed by atoms with van der Waals surface area (Å²) in [6.07, 6.45) is 1.67. The van der Waals surface area contributed by atoms with E-state index in [1.807, 2.05) is 6.92 Å². The van der Waals surface area contributed by atoms with Crippen LogP contribution < -0.4 is 5.73 Å². The topological polar surface area (TPSA) is 35.2 Å². The molecule has 4 heteroatoms. The zero-order valence-corrected chi connectivity index (χ0v) is 10.1. The minimum Gasteiger partial charge on any atom is -0.373 e. The van der Waals surface area contributed by atoms with Crippen molar-refractivity contribution in [2.45, 2.75) is 38.3 Å². The largest absolute Gasteiger partial charge is 0.373 e. The van der Waals surface area contributed by atoms with Crippen molar-refractivity contribution in [1.29, 1.82) is 0 Å². The lowest BCUT2D eigenvalue weighted by Crippen LogP contribution is -2.38. The monoisotopic (exact) mass is 241 g/mol. The lowest BCUT2D eigenvalue weighted by Gasteiger charge is -2.31. The molecule has 1 saturated heterocycles. The third-order valence-corrected chi connectivity index (χ3v) is 3.52. The summed E-state index contributed by atoms with van der Waals surface area (Å²) in [6.45, 7) is 4.00. The molecular formula is C13H17F2NO. The van der Waals surface area contributed by atoms with Crippen molar-refractivity contribution >= 4 is 0 Å². The van der Waals surface area contributed by atoms with Crippen LogP contribution in [-0.2, 0) is 4.74 Å². The molecule has 1 aromatic carbocycles. The number of hydrogen-bond donors (Lipinski definition) is 1.